The SMILES string of the molecule is Cc1nc(I)cc(C(F)F)c1S(N)(=O)=O. The first kappa shape index (κ1) is 12.7. The first-order valence-corrected chi connectivity index (χ1v) is 6.34. The number of halogens is 3. The normalized spacial score (nSPS) is 12.1. The third kappa shape index (κ3) is 2.82. The first-order valence-electron chi connectivity index (χ1n) is 3.71. The van der Waals surface area contributed by atoms with Crippen molar-refractivity contribution in [3.05, 3.63) is 21.0 Å². The van der Waals surface area contributed by atoms with E-state index >= 15 is 0 Å². The zero-order valence-corrected chi connectivity index (χ0v) is 10.5. The minimum atomic E-state index is -4.17. The Bertz CT molecular complexity index is 490. The minimum Gasteiger partial charge on any atom is -0.246 e. The maximum atomic E-state index is 12.6. The van der Waals surface area contributed by atoms with Gasteiger partial charge in [0.25, 0.3) is 6.43 Å². The Morgan fingerprint density at radius 2 is 2.07 bits per heavy atom. The van der Waals surface area contributed by atoms with E-state index in [0.29, 0.717) is 3.70 Å². The van der Waals surface area contributed by atoms with E-state index in [4.69, 9.17) is 5.14 Å². The van der Waals surface area contributed by atoms with Crippen molar-refractivity contribution in [2.75, 3.05) is 0 Å². The van der Waals surface area contributed by atoms with Crippen molar-refractivity contribution in [1.29, 1.82) is 0 Å². The summed E-state index contributed by atoms with van der Waals surface area (Å²) in [6.45, 7) is 1.33. The molecule has 0 aliphatic rings. The van der Waals surface area contributed by atoms with Gasteiger partial charge in [-0.2, -0.15) is 0 Å². The fraction of sp³-hybridized carbons (Fsp3) is 0.286. The third-order valence-corrected chi connectivity index (χ3v) is 3.31. The smallest absolute Gasteiger partial charge is 0.246 e. The summed E-state index contributed by atoms with van der Waals surface area (Å²) in [5, 5.41) is 4.84. The molecule has 2 N–H and O–H groups in total. The second-order valence-corrected chi connectivity index (χ2v) is 5.40. The summed E-state index contributed by atoms with van der Waals surface area (Å²) >= 11 is 1.73. The molecule has 1 rings (SSSR count). The number of aromatic nitrogens is 1. The highest BCUT2D eigenvalue weighted by Gasteiger charge is 2.24. The number of sulfonamides is 1. The maximum absolute atomic E-state index is 12.6. The molecular formula is C7H7F2IN2O2S. The van der Waals surface area contributed by atoms with E-state index in [2.05, 4.69) is 4.98 Å². The van der Waals surface area contributed by atoms with Crippen LogP contribution in [0.2, 0.25) is 0 Å². The minimum absolute atomic E-state index is 0.0142. The van der Waals surface area contributed by atoms with Gasteiger partial charge < -0.3 is 0 Å². The molecule has 15 heavy (non-hydrogen) atoms. The molecule has 1 aromatic heterocycles. The number of pyridine rings is 1. The molecule has 1 aromatic rings. The van der Waals surface area contributed by atoms with Crippen LogP contribution in [0, 0.1) is 10.6 Å². The van der Waals surface area contributed by atoms with Gasteiger partial charge in [0.1, 0.15) is 8.60 Å². The Morgan fingerprint density at radius 3 is 2.47 bits per heavy atom. The largest absolute Gasteiger partial charge is 0.265 e. The van der Waals surface area contributed by atoms with Gasteiger partial charge in [0, 0.05) is 5.56 Å². The maximum Gasteiger partial charge on any atom is 0.265 e. The molecule has 0 radical (unpaired) electrons. The lowest BCUT2D eigenvalue weighted by molar-refractivity contribution is 0.147. The van der Waals surface area contributed by atoms with Gasteiger partial charge in [0.05, 0.1) is 5.69 Å². The summed E-state index contributed by atoms with van der Waals surface area (Å²) in [5.74, 6) is 0. The van der Waals surface area contributed by atoms with E-state index in [1.165, 1.54) is 6.92 Å². The average molecular weight is 348 g/mol. The van der Waals surface area contributed by atoms with Gasteiger partial charge >= 0.3 is 0 Å². The number of alkyl halides is 2. The second kappa shape index (κ2) is 4.26. The number of hydrogen-bond donors (Lipinski definition) is 1. The summed E-state index contributed by atoms with van der Waals surface area (Å²) in [6, 6.07) is 1.01. The van der Waals surface area contributed by atoms with Crippen LogP contribution >= 0.6 is 22.6 Å². The molecule has 0 aliphatic carbocycles. The van der Waals surface area contributed by atoms with E-state index in [0.717, 1.165) is 6.07 Å². The predicted molar refractivity (Wildman–Crippen MR) is 58.0 cm³/mol. The molecule has 0 saturated heterocycles. The van der Waals surface area contributed by atoms with Crippen molar-refractivity contribution in [3.63, 3.8) is 0 Å². The summed E-state index contributed by atoms with van der Waals surface area (Å²) < 4.78 is 47.6. The fourth-order valence-electron chi connectivity index (χ4n) is 1.18. The van der Waals surface area contributed by atoms with Gasteiger partial charge in [0.15, 0.2) is 0 Å². The molecule has 0 aromatic carbocycles. The monoisotopic (exact) mass is 348 g/mol. The summed E-state index contributed by atoms with van der Waals surface area (Å²) in [7, 11) is -4.17. The van der Waals surface area contributed by atoms with Gasteiger partial charge in [-0.05, 0) is 35.6 Å². The van der Waals surface area contributed by atoms with Gasteiger partial charge in [-0.3, -0.25) is 0 Å². The Morgan fingerprint density at radius 1 is 1.53 bits per heavy atom. The van der Waals surface area contributed by atoms with Crippen molar-refractivity contribution in [2.45, 2.75) is 18.2 Å². The van der Waals surface area contributed by atoms with Crippen molar-refractivity contribution >= 4 is 32.6 Å². The number of aryl methyl sites for hydroxylation is 1. The van der Waals surface area contributed by atoms with Gasteiger partial charge in [-0.1, -0.05) is 0 Å². The first-order chi connectivity index (χ1) is 6.73. The predicted octanol–water partition coefficient (Wildman–Crippen LogP) is 1.58. The molecule has 0 spiro atoms. The Balaban J connectivity index is 3.62. The van der Waals surface area contributed by atoms with Gasteiger partial charge in [-0.25, -0.2) is 27.3 Å². The van der Waals surface area contributed by atoms with Crippen LogP contribution in [0.25, 0.3) is 0 Å². The molecule has 0 amide bonds. The standard InChI is InChI=1S/C7H7F2IN2O2S/c1-3-6(15(11,13)14)4(7(8)9)2-5(10)12-3/h2,7H,1H3,(H2,11,13,14). The zero-order valence-electron chi connectivity index (χ0n) is 7.54. The molecule has 0 saturated carbocycles. The molecule has 0 atom stereocenters. The molecule has 8 heteroatoms. The van der Waals surface area contributed by atoms with Crippen LogP contribution in [0.1, 0.15) is 17.7 Å². The number of rotatable bonds is 2. The summed E-state index contributed by atoms with van der Waals surface area (Å²) in [6.07, 6.45) is -2.89. The van der Waals surface area contributed by atoms with E-state index in [1.807, 2.05) is 0 Å². The van der Waals surface area contributed by atoms with Gasteiger partial charge in [-0.15, -0.1) is 0 Å². The highest BCUT2D eigenvalue weighted by atomic mass is 127. The van der Waals surface area contributed by atoms with Crippen LogP contribution in [-0.2, 0) is 10.0 Å². The van der Waals surface area contributed by atoms with E-state index < -0.39 is 26.9 Å². The van der Waals surface area contributed by atoms with E-state index in [-0.39, 0.29) is 5.69 Å². The lowest BCUT2D eigenvalue weighted by Gasteiger charge is -2.09. The number of nitrogens with two attached hydrogens (primary N) is 1. The molecule has 4 nitrogen and oxygen atoms in total. The quantitative estimate of drug-likeness (QED) is 0.652. The zero-order chi connectivity index (χ0) is 11.8. The Kier molecular flexibility index (Phi) is 3.61. The molecule has 0 bridgehead atoms. The van der Waals surface area contributed by atoms with Crippen LogP contribution in [0.15, 0.2) is 11.0 Å². The second-order valence-electron chi connectivity index (χ2n) is 2.79. The summed E-state index contributed by atoms with van der Waals surface area (Å²) in [4.78, 5) is 3.19. The Labute approximate surface area is 99.1 Å². The van der Waals surface area contributed by atoms with E-state index in [9.17, 15) is 17.2 Å². The highest BCUT2D eigenvalue weighted by molar-refractivity contribution is 14.1. The average Bonchev–Trinajstić information content (AvgIpc) is 1.99. The van der Waals surface area contributed by atoms with Gasteiger partial charge in [0.2, 0.25) is 10.0 Å². The lowest BCUT2D eigenvalue weighted by atomic mass is 10.2. The number of nitrogens with zero attached hydrogens (tertiary/aromatic N) is 1. The third-order valence-electron chi connectivity index (χ3n) is 1.66. The molecule has 0 aliphatic heterocycles. The van der Waals surface area contributed by atoms with Crippen molar-refractivity contribution in [1.82, 2.24) is 4.98 Å². The number of hydrogen-bond acceptors (Lipinski definition) is 3. The lowest BCUT2D eigenvalue weighted by Crippen LogP contribution is -2.17. The van der Waals surface area contributed by atoms with Crippen molar-refractivity contribution in [2.24, 2.45) is 5.14 Å². The topological polar surface area (TPSA) is 73.0 Å². The van der Waals surface area contributed by atoms with Crippen LogP contribution in [0.5, 0.6) is 0 Å². The fourth-order valence-corrected chi connectivity index (χ4v) is 2.81. The van der Waals surface area contributed by atoms with Crippen LogP contribution < -0.4 is 5.14 Å². The van der Waals surface area contributed by atoms with Crippen LogP contribution in [0.3, 0.4) is 0 Å². The number of primary sulfonamides is 1. The van der Waals surface area contributed by atoms with Crippen LogP contribution in [-0.4, -0.2) is 13.4 Å². The molecule has 0 unspecified atom stereocenters. The van der Waals surface area contributed by atoms with E-state index in [1.54, 1.807) is 22.6 Å². The summed E-state index contributed by atoms with van der Waals surface area (Å²) in [5.41, 5.74) is -0.617. The molecule has 1 heterocycles. The Hall–Kier alpha value is -0.350. The van der Waals surface area contributed by atoms with Crippen molar-refractivity contribution in [3.8, 4) is 0 Å². The molecule has 0 fully saturated rings. The molecule has 84 valence electrons. The van der Waals surface area contributed by atoms with Crippen molar-refractivity contribution < 1.29 is 17.2 Å². The highest BCUT2D eigenvalue weighted by Crippen LogP contribution is 2.28. The van der Waals surface area contributed by atoms with Crippen LogP contribution in [0.4, 0.5) is 8.78 Å². The molecular weight excluding hydrogens is 341 g/mol.